The Morgan fingerprint density at radius 3 is 2.20 bits per heavy atom. The highest BCUT2D eigenvalue weighted by molar-refractivity contribution is 5.63. The van der Waals surface area contributed by atoms with Crippen LogP contribution in [0, 0.1) is 11.8 Å². The van der Waals surface area contributed by atoms with Gasteiger partial charge in [-0.2, -0.15) is 0 Å². The topological polar surface area (TPSA) is 12.0 Å². The lowest BCUT2D eigenvalue weighted by atomic mass is 9.81. The Morgan fingerprint density at radius 1 is 1.00 bits per heavy atom. The van der Waals surface area contributed by atoms with Crippen LogP contribution in [0.3, 0.4) is 0 Å². The maximum absolute atomic E-state index is 4.23. The van der Waals surface area contributed by atoms with Gasteiger partial charge in [0, 0.05) is 17.7 Å². The molecule has 0 aliphatic rings. The van der Waals surface area contributed by atoms with Crippen molar-refractivity contribution in [2.45, 2.75) is 114 Å². The minimum atomic E-state index is 0.396. The lowest BCUT2D eigenvalue weighted by Gasteiger charge is -2.30. The van der Waals surface area contributed by atoms with E-state index >= 15 is 0 Å². The fourth-order valence-electron chi connectivity index (χ4n) is 5.85. The maximum atomic E-state index is 4.23. The van der Waals surface area contributed by atoms with Gasteiger partial charge in [-0.15, -0.1) is 5.73 Å². The van der Waals surface area contributed by atoms with E-state index in [1.807, 2.05) is 6.20 Å². The lowest BCUT2D eigenvalue weighted by molar-refractivity contribution is 0.315. The van der Waals surface area contributed by atoms with Crippen molar-refractivity contribution in [2.24, 2.45) is 11.8 Å². The first-order chi connectivity index (χ1) is 20.7. The van der Waals surface area contributed by atoms with Crippen LogP contribution >= 0.6 is 0 Å². The summed E-state index contributed by atoms with van der Waals surface area (Å²) in [5.74, 6) is 1.02. The number of hydrogen-bond donors (Lipinski definition) is 1. The number of benzene rings is 1. The van der Waals surface area contributed by atoms with Crippen LogP contribution in [0.1, 0.15) is 113 Å². The van der Waals surface area contributed by atoms with Crippen molar-refractivity contribution < 1.29 is 0 Å². The first-order valence-electron chi connectivity index (χ1n) is 16.8. The molecule has 0 saturated heterocycles. The number of aryl methyl sites for hydroxylation is 1. The van der Waals surface area contributed by atoms with Crippen LogP contribution in [0.2, 0.25) is 0 Å². The molecule has 2 heteroatoms. The average Bonchev–Trinajstić information content (AvgIpc) is 2.95. The molecule has 1 aromatic carbocycles. The van der Waals surface area contributed by atoms with Crippen molar-refractivity contribution >= 4 is 11.8 Å². The molecule has 0 spiro atoms. The van der Waals surface area contributed by atoms with Gasteiger partial charge in [-0.05, 0) is 145 Å². The number of hydrogen-bond acceptors (Lipinski definition) is 1. The van der Waals surface area contributed by atoms with Gasteiger partial charge in [0.05, 0.1) is 13.2 Å². The molecule has 0 aliphatic carbocycles. The van der Waals surface area contributed by atoms with E-state index in [4.69, 9.17) is 0 Å². The molecule has 1 rings (SSSR count). The molecule has 242 valence electrons. The van der Waals surface area contributed by atoms with Gasteiger partial charge in [0.2, 0.25) is 0 Å². The monoisotopic (exact) mass is 598 g/mol. The van der Waals surface area contributed by atoms with E-state index in [1.165, 1.54) is 51.1 Å². The summed E-state index contributed by atoms with van der Waals surface area (Å²) in [4.78, 5) is 0. The van der Waals surface area contributed by atoms with Crippen molar-refractivity contribution in [2.75, 3.05) is 13.6 Å². The van der Waals surface area contributed by atoms with Crippen molar-refractivity contribution in [3.8, 4) is 0 Å². The van der Waals surface area contributed by atoms with Gasteiger partial charge in [0.1, 0.15) is 11.9 Å². The van der Waals surface area contributed by atoms with Gasteiger partial charge in [-0.25, -0.2) is 4.48 Å². The third kappa shape index (κ3) is 13.4. The summed E-state index contributed by atoms with van der Waals surface area (Å²) in [7, 11) is 2.19. The third-order valence-electron chi connectivity index (χ3n) is 8.27. The number of allylic oxidation sites excluding steroid dienone is 8. The Labute approximate surface area is 273 Å². The highest BCUT2D eigenvalue weighted by Gasteiger charge is 2.24. The van der Waals surface area contributed by atoms with Crippen LogP contribution in [0.4, 0.5) is 5.69 Å². The molecule has 0 fully saturated rings. The fraction of sp³-hybridized carbons (Fsp3) is 0.500. The van der Waals surface area contributed by atoms with Gasteiger partial charge >= 0.3 is 0 Å². The molecule has 0 bridgehead atoms. The number of rotatable bonds is 18. The van der Waals surface area contributed by atoms with Crippen molar-refractivity contribution in [1.82, 2.24) is 9.80 Å². The molecule has 2 nitrogen and oxygen atoms in total. The predicted molar refractivity (Wildman–Crippen MR) is 201 cm³/mol. The van der Waals surface area contributed by atoms with Crippen LogP contribution < -0.4 is 9.80 Å². The predicted octanol–water partition coefficient (Wildman–Crippen LogP) is 12.0. The molecular formula is C42H65N2+. The molecule has 0 saturated carbocycles. The van der Waals surface area contributed by atoms with Crippen molar-refractivity contribution in [3.63, 3.8) is 0 Å². The van der Waals surface area contributed by atoms with Crippen LogP contribution in [-0.4, -0.2) is 19.6 Å². The quantitative estimate of drug-likeness (QED) is 0.101. The summed E-state index contributed by atoms with van der Waals surface area (Å²) in [6.45, 7) is 33.8. The van der Waals surface area contributed by atoms with Crippen LogP contribution in [-0.2, 0) is 6.42 Å². The summed E-state index contributed by atoms with van der Waals surface area (Å²) < 4.78 is 0.595. The Balaban J connectivity index is 3.47. The molecule has 0 aliphatic heterocycles. The number of nitrogens with one attached hydrogen (secondary N) is 1. The largest absolute Gasteiger partial charge is 0.314 e. The molecule has 1 N–H and O–H groups in total. The average molecular weight is 598 g/mol. The second kappa shape index (κ2) is 19.5. The van der Waals surface area contributed by atoms with Crippen LogP contribution in [0.15, 0.2) is 101 Å². The normalized spacial score (nSPS) is 15.3. The fourth-order valence-corrected chi connectivity index (χ4v) is 5.85. The maximum Gasteiger partial charge on any atom is 0.145 e. The van der Waals surface area contributed by atoms with Gasteiger partial charge in [-0.1, -0.05) is 70.1 Å². The second-order valence-corrected chi connectivity index (χ2v) is 13.5. The highest BCUT2D eigenvalue weighted by atomic mass is 15.3. The van der Waals surface area contributed by atoms with Crippen molar-refractivity contribution in [1.29, 1.82) is 0 Å². The molecular weight excluding hydrogens is 532 g/mol. The third-order valence-corrected chi connectivity index (χ3v) is 8.27. The van der Waals surface area contributed by atoms with Gasteiger partial charge < -0.3 is 5.32 Å². The Hall–Kier alpha value is -2.90. The molecule has 0 radical (unpaired) electrons. The molecule has 4 atom stereocenters. The first-order valence-corrected chi connectivity index (χ1v) is 16.8. The van der Waals surface area contributed by atoms with Gasteiger partial charge in [-0.3, -0.25) is 0 Å². The molecule has 1 aromatic rings. The molecule has 0 aromatic heterocycles. The SMILES string of the molecule is C=C[N+](C)(C=C(C)C)c1ccc(C=C(C)C=C=C(C)CC(CC(NCCC)C(C)CC)C(C=C(C)C)=CC(=C)C)cc1CC. The minimum Gasteiger partial charge on any atom is -0.314 e. The highest BCUT2D eigenvalue weighted by Crippen LogP contribution is 2.32. The first kappa shape index (κ1) is 39.1. The van der Waals surface area contributed by atoms with E-state index < -0.39 is 0 Å². The minimum absolute atomic E-state index is 0.396. The molecule has 0 amide bonds. The van der Waals surface area contributed by atoms with Gasteiger partial charge in [0.25, 0.3) is 0 Å². The van der Waals surface area contributed by atoms with Crippen molar-refractivity contribution in [3.05, 3.63) is 112 Å². The second-order valence-electron chi connectivity index (χ2n) is 13.5. The summed E-state index contributed by atoms with van der Waals surface area (Å²) >= 11 is 0. The summed E-state index contributed by atoms with van der Waals surface area (Å²) in [5, 5.41) is 3.87. The zero-order valence-corrected chi connectivity index (χ0v) is 30.5. The zero-order chi connectivity index (χ0) is 33.4. The number of nitrogens with zero attached hydrogens (tertiary/aromatic N) is 1. The Bertz CT molecular complexity index is 1280. The van der Waals surface area contributed by atoms with E-state index in [0.29, 0.717) is 22.4 Å². The zero-order valence-electron chi connectivity index (χ0n) is 30.5. The van der Waals surface area contributed by atoms with E-state index in [9.17, 15) is 0 Å². The van der Waals surface area contributed by atoms with Crippen LogP contribution in [0.25, 0.3) is 6.08 Å². The van der Waals surface area contributed by atoms with E-state index in [-0.39, 0.29) is 0 Å². The van der Waals surface area contributed by atoms with E-state index in [1.54, 1.807) is 0 Å². The number of quaternary nitrogens is 1. The van der Waals surface area contributed by atoms with Crippen LogP contribution in [0.5, 0.6) is 0 Å². The molecule has 0 heterocycles. The van der Waals surface area contributed by atoms with Gasteiger partial charge in [0.15, 0.2) is 0 Å². The summed E-state index contributed by atoms with van der Waals surface area (Å²) in [6.07, 6.45) is 18.7. The van der Waals surface area contributed by atoms with E-state index in [2.05, 4.69) is 156 Å². The Morgan fingerprint density at radius 2 is 1.68 bits per heavy atom. The molecule has 4 unspecified atom stereocenters. The standard InChI is InChI=1S/C42H65N2/c1-15-23-43-41(36(13)16-2)29-40(39(24-31(5)6)25-32(7)8)27-35(12)20-19-34(11)26-37-21-22-42(38(17-3)28-37)44(14,18-4)30-33(9)10/h18-19,21-22,24-26,28,30,36,40-41,43H,4-5,15-17,23,27,29H2,1-3,6-14H3/q+1. The smallest absolute Gasteiger partial charge is 0.145 e. The Kier molecular flexibility index (Phi) is 17.3. The summed E-state index contributed by atoms with van der Waals surface area (Å²) in [6, 6.07) is 7.29. The molecule has 44 heavy (non-hydrogen) atoms. The lowest BCUT2D eigenvalue weighted by Crippen LogP contribution is -2.37. The summed E-state index contributed by atoms with van der Waals surface area (Å²) in [5.41, 5.74) is 15.1. The van der Waals surface area contributed by atoms with E-state index in [0.717, 1.165) is 37.8 Å².